The molecule has 0 bridgehead atoms. The van der Waals surface area contributed by atoms with Crippen LogP contribution in [0.4, 0.5) is 0 Å². The van der Waals surface area contributed by atoms with E-state index in [4.69, 9.17) is 19.7 Å². The normalized spacial score (nSPS) is 11.0. The minimum absolute atomic E-state index is 0.0217. The lowest BCUT2D eigenvalue weighted by Crippen LogP contribution is -2.27. The van der Waals surface area contributed by atoms with Crippen LogP contribution in [0.3, 0.4) is 0 Å². The fourth-order valence-corrected chi connectivity index (χ4v) is 2.24. The Morgan fingerprint density at radius 1 is 1.26 bits per heavy atom. The second-order valence-electron chi connectivity index (χ2n) is 4.92. The van der Waals surface area contributed by atoms with Crippen molar-refractivity contribution in [2.45, 2.75) is 19.6 Å². The third-order valence-electron chi connectivity index (χ3n) is 3.35. The number of hydrogen-bond acceptors (Lipinski definition) is 8. The summed E-state index contributed by atoms with van der Waals surface area (Å²) in [7, 11) is 3.24. The van der Waals surface area contributed by atoms with Gasteiger partial charge in [0.15, 0.2) is 5.82 Å². The van der Waals surface area contributed by atoms with Crippen molar-refractivity contribution in [3.05, 3.63) is 35.5 Å². The highest BCUT2D eigenvalue weighted by molar-refractivity contribution is 5.40. The van der Waals surface area contributed by atoms with Gasteiger partial charge < -0.3 is 24.8 Å². The van der Waals surface area contributed by atoms with Gasteiger partial charge in [0.1, 0.15) is 11.5 Å². The number of methoxy groups -OCH3 is 2. The van der Waals surface area contributed by atoms with Crippen molar-refractivity contribution in [1.29, 1.82) is 0 Å². The van der Waals surface area contributed by atoms with E-state index in [0.29, 0.717) is 31.3 Å². The smallest absolute Gasteiger partial charge is 0.240 e. The molecule has 1 heterocycles. The summed E-state index contributed by atoms with van der Waals surface area (Å²) in [5, 5.41) is 13.2. The Labute approximate surface area is 134 Å². The largest absolute Gasteiger partial charge is 0.497 e. The molecule has 0 amide bonds. The minimum atomic E-state index is 0.0217. The van der Waals surface area contributed by atoms with Crippen LogP contribution in [-0.2, 0) is 19.6 Å². The van der Waals surface area contributed by atoms with E-state index in [1.807, 2.05) is 23.1 Å². The number of benzene rings is 1. The summed E-state index contributed by atoms with van der Waals surface area (Å²) in [5.74, 6) is 2.42. The summed E-state index contributed by atoms with van der Waals surface area (Å²) in [5.41, 5.74) is 6.41. The summed E-state index contributed by atoms with van der Waals surface area (Å²) >= 11 is 0. The number of rotatable bonds is 9. The zero-order valence-electron chi connectivity index (χ0n) is 13.4. The summed E-state index contributed by atoms with van der Waals surface area (Å²) < 4.78 is 15.6. The third kappa shape index (κ3) is 4.65. The molecule has 126 valence electrons. The van der Waals surface area contributed by atoms with Crippen molar-refractivity contribution >= 4 is 0 Å². The van der Waals surface area contributed by atoms with Gasteiger partial charge in [-0.2, -0.15) is 4.98 Å². The molecule has 0 fully saturated rings. The first-order valence-corrected chi connectivity index (χ1v) is 7.25. The lowest BCUT2D eigenvalue weighted by Gasteiger charge is -2.21. The number of nitrogens with two attached hydrogens (primary N) is 1. The van der Waals surface area contributed by atoms with Crippen LogP contribution in [0.1, 0.15) is 17.3 Å². The average Bonchev–Trinajstić information content (AvgIpc) is 3.02. The Balaban J connectivity index is 2.14. The molecule has 1 aromatic heterocycles. The number of ether oxygens (including phenoxy) is 2. The SMILES string of the molecule is COc1ccc(OC)c(CN(CCO)Cc2noc(CN)n2)c1. The molecule has 2 rings (SSSR count). The van der Waals surface area contributed by atoms with Gasteiger partial charge >= 0.3 is 0 Å². The number of nitrogens with zero attached hydrogens (tertiary/aromatic N) is 3. The van der Waals surface area contributed by atoms with Crippen LogP contribution < -0.4 is 15.2 Å². The van der Waals surface area contributed by atoms with Crippen molar-refractivity contribution < 1.29 is 19.1 Å². The first-order valence-electron chi connectivity index (χ1n) is 7.25. The van der Waals surface area contributed by atoms with Crippen LogP contribution in [0, 0.1) is 0 Å². The third-order valence-corrected chi connectivity index (χ3v) is 3.35. The Kier molecular flexibility index (Phi) is 6.33. The van der Waals surface area contributed by atoms with Gasteiger partial charge in [-0.3, -0.25) is 4.90 Å². The highest BCUT2D eigenvalue weighted by Crippen LogP contribution is 2.25. The second kappa shape index (κ2) is 8.47. The number of aliphatic hydroxyl groups excluding tert-OH is 1. The van der Waals surface area contributed by atoms with E-state index in [1.165, 1.54) is 0 Å². The second-order valence-corrected chi connectivity index (χ2v) is 4.92. The predicted molar refractivity (Wildman–Crippen MR) is 82.9 cm³/mol. The first-order chi connectivity index (χ1) is 11.2. The van der Waals surface area contributed by atoms with Gasteiger partial charge in [-0.1, -0.05) is 5.16 Å². The molecule has 0 spiro atoms. The van der Waals surface area contributed by atoms with Gasteiger partial charge in [0, 0.05) is 18.7 Å². The zero-order chi connectivity index (χ0) is 16.7. The monoisotopic (exact) mass is 322 g/mol. The topological polar surface area (TPSA) is 107 Å². The van der Waals surface area contributed by atoms with E-state index in [-0.39, 0.29) is 13.2 Å². The van der Waals surface area contributed by atoms with Gasteiger partial charge in [-0.15, -0.1) is 0 Å². The molecular weight excluding hydrogens is 300 g/mol. The van der Waals surface area contributed by atoms with Crippen LogP contribution in [-0.4, -0.2) is 47.5 Å². The molecule has 8 nitrogen and oxygen atoms in total. The summed E-state index contributed by atoms with van der Waals surface area (Å²) in [6.07, 6.45) is 0. The molecule has 0 radical (unpaired) electrons. The minimum Gasteiger partial charge on any atom is -0.497 e. The Morgan fingerprint density at radius 3 is 2.70 bits per heavy atom. The van der Waals surface area contributed by atoms with Gasteiger partial charge in [0.2, 0.25) is 5.89 Å². The van der Waals surface area contributed by atoms with E-state index in [9.17, 15) is 5.11 Å². The van der Waals surface area contributed by atoms with Crippen molar-refractivity contribution in [2.24, 2.45) is 5.73 Å². The molecular formula is C15H22N4O4. The highest BCUT2D eigenvalue weighted by atomic mass is 16.5. The lowest BCUT2D eigenvalue weighted by molar-refractivity contribution is 0.178. The molecule has 0 unspecified atom stereocenters. The summed E-state index contributed by atoms with van der Waals surface area (Å²) in [4.78, 5) is 6.18. The van der Waals surface area contributed by atoms with Crippen molar-refractivity contribution in [3.8, 4) is 11.5 Å². The van der Waals surface area contributed by atoms with E-state index < -0.39 is 0 Å². The number of aliphatic hydroxyl groups is 1. The fraction of sp³-hybridized carbons (Fsp3) is 0.467. The molecule has 0 saturated heterocycles. The van der Waals surface area contributed by atoms with Crippen LogP contribution in [0.15, 0.2) is 22.7 Å². The Bertz CT molecular complexity index is 617. The standard InChI is InChI=1S/C15H22N4O4/c1-21-12-3-4-13(22-2)11(7-12)9-19(5-6-20)10-14-17-15(8-16)23-18-14/h3-4,7,20H,5-6,8-10,16H2,1-2H3. The summed E-state index contributed by atoms with van der Waals surface area (Å²) in [6, 6.07) is 5.60. The van der Waals surface area contributed by atoms with Gasteiger partial charge in [0.05, 0.1) is 33.9 Å². The average molecular weight is 322 g/mol. The van der Waals surface area contributed by atoms with Crippen LogP contribution in [0.5, 0.6) is 11.5 Å². The zero-order valence-corrected chi connectivity index (χ0v) is 13.4. The quantitative estimate of drug-likeness (QED) is 0.689. The molecule has 0 saturated carbocycles. The maximum Gasteiger partial charge on any atom is 0.240 e. The van der Waals surface area contributed by atoms with Crippen molar-refractivity contribution in [2.75, 3.05) is 27.4 Å². The van der Waals surface area contributed by atoms with Crippen LogP contribution in [0.25, 0.3) is 0 Å². The maximum atomic E-state index is 9.29. The fourth-order valence-electron chi connectivity index (χ4n) is 2.24. The van der Waals surface area contributed by atoms with Crippen molar-refractivity contribution in [3.63, 3.8) is 0 Å². The lowest BCUT2D eigenvalue weighted by atomic mass is 10.1. The molecule has 8 heteroatoms. The molecule has 0 aliphatic rings. The van der Waals surface area contributed by atoms with Gasteiger partial charge in [-0.25, -0.2) is 0 Å². The van der Waals surface area contributed by atoms with E-state index in [0.717, 1.165) is 17.1 Å². The number of hydrogen-bond donors (Lipinski definition) is 2. The van der Waals surface area contributed by atoms with Crippen molar-refractivity contribution in [1.82, 2.24) is 15.0 Å². The Morgan fingerprint density at radius 2 is 2.09 bits per heavy atom. The van der Waals surface area contributed by atoms with E-state index in [1.54, 1.807) is 14.2 Å². The van der Waals surface area contributed by atoms with E-state index >= 15 is 0 Å². The van der Waals surface area contributed by atoms with Gasteiger partial charge in [0.25, 0.3) is 0 Å². The van der Waals surface area contributed by atoms with Gasteiger partial charge in [-0.05, 0) is 18.2 Å². The molecule has 0 atom stereocenters. The van der Waals surface area contributed by atoms with Crippen LogP contribution in [0.2, 0.25) is 0 Å². The molecule has 1 aromatic carbocycles. The maximum absolute atomic E-state index is 9.29. The molecule has 2 aromatic rings. The first kappa shape index (κ1) is 17.2. The molecule has 0 aliphatic carbocycles. The van der Waals surface area contributed by atoms with E-state index in [2.05, 4.69) is 10.1 Å². The number of aromatic nitrogens is 2. The molecule has 0 aliphatic heterocycles. The Hall–Kier alpha value is -2.16. The van der Waals surface area contributed by atoms with Crippen LogP contribution >= 0.6 is 0 Å². The molecule has 3 N–H and O–H groups in total. The summed E-state index contributed by atoms with van der Waals surface area (Å²) in [6.45, 7) is 1.68. The predicted octanol–water partition coefficient (Wildman–Crippen LogP) is 0.540. The highest BCUT2D eigenvalue weighted by Gasteiger charge is 2.14. The molecule has 23 heavy (non-hydrogen) atoms.